The topological polar surface area (TPSA) is 155 Å². The maximum Gasteiger partial charge on any atom is 0.472 e. The maximum absolute atomic E-state index is 12.2. The summed E-state index contributed by atoms with van der Waals surface area (Å²) in [5, 5.41) is 8.76. The molecule has 1 aliphatic heterocycles. The van der Waals surface area contributed by atoms with Crippen LogP contribution < -0.4 is 5.73 Å². The van der Waals surface area contributed by atoms with Gasteiger partial charge in [-0.05, 0) is 44.9 Å². The number of phosphoric acid groups is 1. The molecule has 0 saturated carbocycles. The summed E-state index contributed by atoms with van der Waals surface area (Å²) in [5.41, 5.74) is 5.28. The van der Waals surface area contributed by atoms with Crippen LogP contribution in [0.25, 0.3) is 0 Å². The highest BCUT2D eigenvalue weighted by molar-refractivity contribution is 7.47. The number of ether oxygens (including phenoxy) is 2. The fourth-order valence-electron chi connectivity index (χ4n) is 4.12. The molecule has 0 radical (unpaired) electrons. The number of unbranched alkanes of at least 4 members (excludes halogenated alkanes) is 11. The molecule has 38 heavy (non-hydrogen) atoms. The summed E-state index contributed by atoms with van der Waals surface area (Å²) >= 11 is 0. The van der Waals surface area contributed by atoms with Crippen molar-refractivity contribution in [3.05, 3.63) is 12.2 Å². The lowest BCUT2D eigenvalue weighted by molar-refractivity contribution is -0.154. The molecule has 11 heteroatoms. The van der Waals surface area contributed by atoms with E-state index in [1.165, 1.54) is 51.4 Å². The van der Waals surface area contributed by atoms with Gasteiger partial charge in [0.15, 0.2) is 0 Å². The number of phosphoric ester groups is 1. The first kappa shape index (κ1) is 34.7. The molecule has 222 valence electrons. The zero-order chi connectivity index (χ0) is 28.1. The van der Waals surface area contributed by atoms with Crippen molar-refractivity contribution in [2.75, 3.05) is 19.8 Å². The number of carboxylic acid groups (broad SMARTS) is 1. The third-order valence-corrected chi connectivity index (χ3v) is 7.45. The SMILES string of the molecule is CCCCCCCC/C=C\CCCCCCCC(=O)OCC1OCCCC1OP(=O)(O)OC[C@H](N)C(=O)O. The number of carbonyl (C=O) groups excluding carboxylic acids is 1. The normalized spacial score (nSPS) is 20.3. The lowest BCUT2D eigenvalue weighted by Gasteiger charge is -2.32. The van der Waals surface area contributed by atoms with Crippen molar-refractivity contribution in [1.29, 1.82) is 0 Å². The maximum atomic E-state index is 12.2. The molecule has 0 spiro atoms. The van der Waals surface area contributed by atoms with Gasteiger partial charge in [-0.2, -0.15) is 0 Å². The third-order valence-electron chi connectivity index (χ3n) is 6.43. The molecule has 1 heterocycles. The Morgan fingerprint density at radius 2 is 1.63 bits per heavy atom. The van der Waals surface area contributed by atoms with E-state index in [0.717, 1.165) is 32.1 Å². The molecule has 0 aromatic carbocycles. The van der Waals surface area contributed by atoms with Gasteiger partial charge in [0, 0.05) is 13.0 Å². The largest absolute Gasteiger partial charge is 0.480 e. The molecule has 1 fully saturated rings. The molecule has 0 bridgehead atoms. The van der Waals surface area contributed by atoms with Crippen LogP contribution in [0.3, 0.4) is 0 Å². The van der Waals surface area contributed by atoms with Crippen molar-refractivity contribution in [3.63, 3.8) is 0 Å². The number of allylic oxidation sites excluding steroid dienone is 2. The molecule has 4 atom stereocenters. The molecule has 0 aromatic rings. The van der Waals surface area contributed by atoms with Gasteiger partial charge in [-0.1, -0.05) is 70.4 Å². The Labute approximate surface area is 228 Å². The van der Waals surface area contributed by atoms with Crippen molar-refractivity contribution >= 4 is 19.8 Å². The number of nitrogens with two attached hydrogens (primary N) is 1. The zero-order valence-corrected chi connectivity index (χ0v) is 24.0. The molecule has 0 amide bonds. The van der Waals surface area contributed by atoms with Crippen molar-refractivity contribution in [3.8, 4) is 0 Å². The first-order chi connectivity index (χ1) is 18.2. The molecular formula is C27H50NO9P. The lowest BCUT2D eigenvalue weighted by Crippen LogP contribution is -2.40. The van der Waals surface area contributed by atoms with Gasteiger partial charge in [-0.25, -0.2) is 4.57 Å². The van der Waals surface area contributed by atoms with Crippen molar-refractivity contribution in [2.24, 2.45) is 5.73 Å². The fraction of sp³-hybridized carbons (Fsp3) is 0.852. The second-order valence-electron chi connectivity index (χ2n) is 9.92. The monoisotopic (exact) mass is 563 g/mol. The predicted octanol–water partition coefficient (Wildman–Crippen LogP) is 5.66. The summed E-state index contributed by atoms with van der Waals surface area (Å²) in [6.45, 7) is 1.89. The van der Waals surface area contributed by atoms with Crippen LogP contribution in [0.15, 0.2) is 12.2 Å². The molecule has 3 unspecified atom stereocenters. The van der Waals surface area contributed by atoms with Crippen LogP contribution in [0.5, 0.6) is 0 Å². The average Bonchev–Trinajstić information content (AvgIpc) is 2.88. The second-order valence-corrected chi connectivity index (χ2v) is 11.3. The summed E-state index contributed by atoms with van der Waals surface area (Å²) in [5.74, 6) is -1.70. The minimum Gasteiger partial charge on any atom is -0.480 e. The van der Waals surface area contributed by atoms with E-state index >= 15 is 0 Å². The summed E-state index contributed by atoms with van der Waals surface area (Å²) in [4.78, 5) is 32.8. The van der Waals surface area contributed by atoms with Gasteiger partial charge in [0.2, 0.25) is 0 Å². The molecule has 1 rings (SSSR count). The van der Waals surface area contributed by atoms with Crippen LogP contribution >= 0.6 is 7.82 Å². The molecule has 1 saturated heterocycles. The minimum atomic E-state index is -4.55. The molecular weight excluding hydrogens is 513 g/mol. The van der Waals surface area contributed by atoms with E-state index < -0.39 is 38.6 Å². The van der Waals surface area contributed by atoms with Gasteiger partial charge in [-0.15, -0.1) is 0 Å². The van der Waals surface area contributed by atoms with E-state index in [9.17, 15) is 19.0 Å². The van der Waals surface area contributed by atoms with Gasteiger partial charge < -0.3 is 25.2 Å². The van der Waals surface area contributed by atoms with Gasteiger partial charge >= 0.3 is 19.8 Å². The number of carbonyl (C=O) groups is 2. The van der Waals surface area contributed by atoms with Gasteiger partial charge in [-0.3, -0.25) is 18.6 Å². The quantitative estimate of drug-likeness (QED) is 0.0614. The number of carboxylic acids is 1. The predicted molar refractivity (Wildman–Crippen MR) is 146 cm³/mol. The van der Waals surface area contributed by atoms with Crippen LogP contribution in [0.1, 0.15) is 110 Å². The van der Waals surface area contributed by atoms with Crippen molar-refractivity contribution in [2.45, 2.75) is 128 Å². The Hall–Kier alpha value is -1.29. The summed E-state index contributed by atoms with van der Waals surface area (Å²) in [6, 6.07) is -1.45. The van der Waals surface area contributed by atoms with Crippen molar-refractivity contribution < 1.29 is 42.7 Å². The number of esters is 1. The van der Waals surface area contributed by atoms with Crippen LogP contribution in [-0.2, 0) is 32.7 Å². The highest BCUT2D eigenvalue weighted by Gasteiger charge is 2.36. The van der Waals surface area contributed by atoms with Gasteiger partial charge in [0.25, 0.3) is 0 Å². The standard InChI is InChI=1S/C27H50NO9P/c1-2-3-4-5-6-7-8-9-10-11-12-13-14-15-16-19-26(29)35-22-25-24(18-17-20-34-25)37-38(32,33)36-21-23(28)27(30)31/h9-10,23-25H,2-8,11-22,28H2,1H3,(H,30,31)(H,32,33)/b10-9-/t23-,24?,25?/m0/s1. The van der Waals surface area contributed by atoms with Crippen molar-refractivity contribution in [1.82, 2.24) is 0 Å². The highest BCUT2D eigenvalue weighted by atomic mass is 31.2. The number of aliphatic carboxylic acids is 1. The van der Waals surface area contributed by atoms with E-state index in [2.05, 4.69) is 23.6 Å². The zero-order valence-electron chi connectivity index (χ0n) is 23.1. The van der Waals surface area contributed by atoms with E-state index in [0.29, 0.717) is 25.9 Å². The lowest BCUT2D eigenvalue weighted by atomic mass is 10.1. The number of hydrogen-bond donors (Lipinski definition) is 3. The molecule has 10 nitrogen and oxygen atoms in total. The fourth-order valence-corrected chi connectivity index (χ4v) is 5.12. The van der Waals surface area contributed by atoms with E-state index in [1.54, 1.807) is 0 Å². The number of rotatable bonds is 23. The molecule has 0 aliphatic carbocycles. The Kier molecular flexibility index (Phi) is 19.7. The highest BCUT2D eigenvalue weighted by Crippen LogP contribution is 2.46. The summed E-state index contributed by atoms with van der Waals surface area (Å²) < 4.78 is 32.9. The smallest absolute Gasteiger partial charge is 0.472 e. The number of hydrogen-bond acceptors (Lipinski definition) is 8. The Morgan fingerprint density at radius 3 is 2.26 bits per heavy atom. The summed E-state index contributed by atoms with van der Waals surface area (Å²) in [7, 11) is -4.55. The Balaban J connectivity index is 2.11. The van der Waals surface area contributed by atoms with Crippen LogP contribution in [0.2, 0.25) is 0 Å². The second kappa shape index (κ2) is 21.5. The molecule has 4 N–H and O–H groups in total. The van der Waals surface area contributed by atoms with Crippen LogP contribution in [0.4, 0.5) is 0 Å². The Bertz CT molecular complexity index is 719. The van der Waals surface area contributed by atoms with E-state index in [4.69, 9.17) is 24.8 Å². The van der Waals surface area contributed by atoms with E-state index in [1.807, 2.05) is 0 Å². The first-order valence-corrected chi connectivity index (χ1v) is 15.8. The van der Waals surface area contributed by atoms with Gasteiger partial charge in [0.1, 0.15) is 18.8 Å². The molecule has 1 aliphatic rings. The first-order valence-electron chi connectivity index (χ1n) is 14.3. The summed E-state index contributed by atoms with van der Waals surface area (Å²) in [6.07, 6.45) is 19.8. The van der Waals surface area contributed by atoms with E-state index in [-0.39, 0.29) is 12.6 Å². The minimum absolute atomic E-state index is 0.0940. The van der Waals surface area contributed by atoms with Crippen LogP contribution in [0, 0.1) is 0 Å². The Morgan fingerprint density at radius 1 is 1.03 bits per heavy atom. The van der Waals surface area contributed by atoms with Gasteiger partial charge in [0.05, 0.1) is 12.7 Å². The van der Waals surface area contributed by atoms with Crippen LogP contribution in [-0.4, -0.2) is 60.0 Å². The molecule has 0 aromatic heterocycles. The average molecular weight is 564 g/mol. The third kappa shape index (κ3) is 18.1.